The standard InChI is InChI=1S/C20H22N4O3/c25-20(22-13-14-4-3-8-21-12-14)17-11-15-10-16(24(26)27)6-7-18(15)23-9-2-1-5-19(17)23/h3-4,6-8,10,12,17,19H,1-2,5,9,11,13H2,(H,22,25)/t17-,19+/m0/s1. The lowest BCUT2D eigenvalue weighted by atomic mass is 9.80. The van der Waals surface area contributed by atoms with E-state index in [-0.39, 0.29) is 28.5 Å². The molecule has 140 valence electrons. The lowest BCUT2D eigenvalue weighted by Gasteiger charge is -2.45. The zero-order valence-corrected chi connectivity index (χ0v) is 15.0. The molecule has 1 amide bonds. The van der Waals surface area contributed by atoms with Crippen molar-refractivity contribution in [3.63, 3.8) is 0 Å². The first kappa shape index (κ1) is 17.5. The van der Waals surface area contributed by atoms with E-state index >= 15 is 0 Å². The number of piperidine rings is 1. The molecule has 27 heavy (non-hydrogen) atoms. The first-order chi connectivity index (χ1) is 13.1. The van der Waals surface area contributed by atoms with Gasteiger partial charge in [-0.15, -0.1) is 0 Å². The summed E-state index contributed by atoms with van der Waals surface area (Å²) in [4.78, 5) is 30.1. The third-order valence-corrected chi connectivity index (χ3v) is 5.56. The van der Waals surface area contributed by atoms with Crippen molar-refractivity contribution in [3.05, 3.63) is 64.0 Å². The van der Waals surface area contributed by atoms with E-state index in [0.29, 0.717) is 13.0 Å². The summed E-state index contributed by atoms with van der Waals surface area (Å²) >= 11 is 0. The smallest absolute Gasteiger partial charge is 0.269 e. The quantitative estimate of drug-likeness (QED) is 0.664. The predicted molar refractivity (Wildman–Crippen MR) is 101 cm³/mol. The van der Waals surface area contributed by atoms with E-state index < -0.39 is 0 Å². The summed E-state index contributed by atoms with van der Waals surface area (Å²) in [6.07, 6.45) is 7.15. The molecule has 1 aromatic carbocycles. The number of nitro groups is 1. The fourth-order valence-corrected chi connectivity index (χ4v) is 4.27. The highest BCUT2D eigenvalue weighted by atomic mass is 16.6. The Morgan fingerprint density at radius 3 is 3.00 bits per heavy atom. The van der Waals surface area contributed by atoms with Crippen molar-refractivity contribution in [1.29, 1.82) is 0 Å². The number of rotatable bonds is 4. The van der Waals surface area contributed by atoms with Crippen molar-refractivity contribution in [2.75, 3.05) is 11.4 Å². The minimum atomic E-state index is -0.375. The Hall–Kier alpha value is -2.96. The molecular formula is C20H22N4O3. The average molecular weight is 366 g/mol. The highest BCUT2D eigenvalue weighted by Crippen LogP contribution is 2.39. The molecule has 0 unspecified atom stereocenters. The number of hydrogen-bond acceptors (Lipinski definition) is 5. The third-order valence-electron chi connectivity index (χ3n) is 5.56. The number of benzene rings is 1. The molecule has 1 fully saturated rings. The van der Waals surface area contributed by atoms with Gasteiger partial charge in [-0.3, -0.25) is 19.9 Å². The van der Waals surface area contributed by atoms with Crippen LogP contribution < -0.4 is 10.2 Å². The van der Waals surface area contributed by atoms with Gasteiger partial charge < -0.3 is 10.2 Å². The molecule has 3 heterocycles. The minimum absolute atomic E-state index is 0.00732. The molecule has 7 nitrogen and oxygen atoms in total. The molecular weight excluding hydrogens is 344 g/mol. The summed E-state index contributed by atoms with van der Waals surface area (Å²) in [7, 11) is 0. The Bertz CT molecular complexity index is 856. The molecule has 7 heteroatoms. The maximum absolute atomic E-state index is 13.0. The van der Waals surface area contributed by atoms with Crippen LogP contribution in [0.3, 0.4) is 0 Å². The van der Waals surface area contributed by atoms with Crippen molar-refractivity contribution in [1.82, 2.24) is 10.3 Å². The van der Waals surface area contributed by atoms with Gasteiger partial charge in [-0.2, -0.15) is 0 Å². The van der Waals surface area contributed by atoms with Crippen LogP contribution in [-0.4, -0.2) is 28.4 Å². The summed E-state index contributed by atoms with van der Waals surface area (Å²) in [5, 5.41) is 14.2. The van der Waals surface area contributed by atoms with Crippen LogP contribution >= 0.6 is 0 Å². The monoisotopic (exact) mass is 366 g/mol. The Balaban J connectivity index is 1.57. The number of carbonyl (C=O) groups is 1. The summed E-state index contributed by atoms with van der Waals surface area (Å²) in [6, 6.07) is 8.96. The topological polar surface area (TPSA) is 88.4 Å². The molecule has 1 saturated heterocycles. The summed E-state index contributed by atoms with van der Waals surface area (Å²) in [5.74, 6) is -0.190. The van der Waals surface area contributed by atoms with Crippen LogP contribution in [0.25, 0.3) is 0 Å². The molecule has 0 bridgehead atoms. The Kier molecular flexibility index (Phi) is 4.75. The molecule has 1 N–H and O–H groups in total. The van der Waals surface area contributed by atoms with Crippen LogP contribution in [0, 0.1) is 16.0 Å². The molecule has 0 saturated carbocycles. The first-order valence-corrected chi connectivity index (χ1v) is 9.34. The van der Waals surface area contributed by atoms with Gasteiger partial charge in [-0.1, -0.05) is 6.07 Å². The molecule has 0 aliphatic carbocycles. The summed E-state index contributed by atoms with van der Waals surface area (Å²) in [5.41, 5.74) is 2.97. The number of fused-ring (bicyclic) bond motifs is 3. The minimum Gasteiger partial charge on any atom is -0.368 e. The van der Waals surface area contributed by atoms with Crippen molar-refractivity contribution in [2.24, 2.45) is 5.92 Å². The van der Waals surface area contributed by atoms with Crippen molar-refractivity contribution in [2.45, 2.75) is 38.3 Å². The van der Waals surface area contributed by atoms with Crippen LogP contribution in [0.2, 0.25) is 0 Å². The number of nitrogens with one attached hydrogen (secondary N) is 1. The van der Waals surface area contributed by atoms with E-state index in [1.807, 2.05) is 18.2 Å². The molecule has 2 aromatic rings. The Morgan fingerprint density at radius 1 is 1.33 bits per heavy atom. The Labute approximate surface area is 157 Å². The van der Waals surface area contributed by atoms with E-state index in [9.17, 15) is 14.9 Å². The predicted octanol–water partition coefficient (Wildman–Crippen LogP) is 2.84. The van der Waals surface area contributed by atoms with Gasteiger partial charge in [0.25, 0.3) is 5.69 Å². The average Bonchev–Trinajstić information content (AvgIpc) is 2.71. The van der Waals surface area contributed by atoms with Crippen LogP contribution in [0.15, 0.2) is 42.7 Å². The van der Waals surface area contributed by atoms with Gasteiger partial charge >= 0.3 is 0 Å². The number of aromatic nitrogens is 1. The largest absolute Gasteiger partial charge is 0.368 e. The van der Waals surface area contributed by atoms with E-state index in [2.05, 4.69) is 15.2 Å². The number of non-ortho nitro benzene ring substituents is 1. The fourth-order valence-electron chi connectivity index (χ4n) is 4.27. The molecule has 2 aliphatic heterocycles. The van der Waals surface area contributed by atoms with E-state index in [1.165, 1.54) is 0 Å². The molecule has 1 aromatic heterocycles. The van der Waals surface area contributed by atoms with E-state index in [0.717, 1.165) is 42.6 Å². The molecule has 2 aliphatic rings. The van der Waals surface area contributed by atoms with Gasteiger partial charge in [-0.05, 0) is 48.9 Å². The lowest BCUT2D eigenvalue weighted by molar-refractivity contribution is -0.384. The maximum atomic E-state index is 13.0. The number of nitrogens with zero attached hydrogens (tertiary/aromatic N) is 3. The number of pyridine rings is 1. The maximum Gasteiger partial charge on any atom is 0.269 e. The third kappa shape index (κ3) is 3.49. The number of amides is 1. The normalized spacial score (nSPS) is 21.1. The van der Waals surface area contributed by atoms with Crippen LogP contribution in [0.5, 0.6) is 0 Å². The van der Waals surface area contributed by atoms with Gasteiger partial charge in [0.2, 0.25) is 5.91 Å². The second-order valence-corrected chi connectivity index (χ2v) is 7.22. The fraction of sp³-hybridized carbons (Fsp3) is 0.400. The van der Waals surface area contributed by atoms with Crippen LogP contribution in [0.4, 0.5) is 11.4 Å². The summed E-state index contributed by atoms with van der Waals surface area (Å²) < 4.78 is 0. The zero-order valence-electron chi connectivity index (χ0n) is 15.0. The SMILES string of the molecule is O=C(NCc1cccnc1)[C@H]1Cc2cc([N+](=O)[O-])ccc2N2CCCC[C@H]12. The summed E-state index contributed by atoms with van der Waals surface area (Å²) in [6.45, 7) is 1.33. The zero-order chi connectivity index (χ0) is 18.8. The van der Waals surface area contributed by atoms with E-state index in [4.69, 9.17) is 0 Å². The van der Waals surface area contributed by atoms with Gasteiger partial charge in [0.05, 0.1) is 10.8 Å². The van der Waals surface area contributed by atoms with Gasteiger partial charge in [0.15, 0.2) is 0 Å². The van der Waals surface area contributed by atoms with Crippen LogP contribution in [0.1, 0.15) is 30.4 Å². The molecule has 4 rings (SSSR count). The first-order valence-electron chi connectivity index (χ1n) is 9.34. The highest BCUT2D eigenvalue weighted by molar-refractivity contribution is 5.82. The number of nitro benzene ring substituents is 1. The second kappa shape index (κ2) is 7.34. The highest BCUT2D eigenvalue weighted by Gasteiger charge is 2.39. The molecule has 0 radical (unpaired) electrons. The van der Waals surface area contributed by atoms with Gasteiger partial charge in [-0.25, -0.2) is 0 Å². The van der Waals surface area contributed by atoms with Crippen molar-refractivity contribution < 1.29 is 9.72 Å². The number of hydrogen-bond donors (Lipinski definition) is 1. The lowest BCUT2D eigenvalue weighted by Crippen LogP contribution is -2.53. The van der Waals surface area contributed by atoms with Gasteiger partial charge in [0, 0.05) is 49.3 Å². The molecule has 0 spiro atoms. The van der Waals surface area contributed by atoms with Crippen molar-refractivity contribution in [3.8, 4) is 0 Å². The van der Waals surface area contributed by atoms with Crippen molar-refractivity contribution >= 4 is 17.3 Å². The number of anilines is 1. The van der Waals surface area contributed by atoms with Crippen LogP contribution in [-0.2, 0) is 17.8 Å². The van der Waals surface area contributed by atoms with E-state index in [1.54, 1.807) is 24.5 Å². The molecule has 2 atom stereocenters. The second-order valence-electron chi connectivity index (χ2n) is 7.22. The Morgan fingerprint density at radius 2 is 2.22 bits per heavy atom. The van der Waals surface area contributed by atoms with Gasteiger partial charge in [0.1, 0.15) is 0 Å². The number of carbonyl (C=O) groups excluding carboxylic acids is 1.